The molecule has 2 aromatic carbocycles. The maximum Gasteiger partial charge on any atom is 0.416 e. The molecule has 0 aliphatic carbocycles. The second-order valence-electron chi connectivity index (χ2n) is 4.53. The van der Waals surface area contributed by atoms with Crippen LogP contribution in [0.15, 0.2) is 46.9 Å². The highest BCUT2D eigenvalue weighted by atomic mass is 79.9. The topological polar surface area (TPSA) is 20.2 Å². The molecule has 0 heterocycles. The summed E-state index contributed by atoms with van der Waals surface area (Å²) in [5.74, 6) is 0. The summed E-state index contributed by atoms with van der Waals surface area (Å²) in [6.45, 7) is 1.88. The first-order valence-corrected chi connectivity index (χ1v) is 6.69. The molecule has 1 N–H and O–H groups in total. The molecule has 20 heavy (non-hydrogen) atoms. The van der Waals surface area contributed by atoms with Gasteiger partial charge in [0.1, 0.15) is 6.10 Å². The molecule has 0 aliphatic heterocycles. The smallest absolute Gasteiger partial charge is 0.384 e. The number of aliphatic hydroxyl groups excluding tert-OH is 1. The summed E-state index contributed by atoms with van der Waals surface area (Å²) < 4.78 is 38.3. The number of benzene rings is 2. The minimum Gasteiger partial charge on any atom is -0.384 e. The van der Waals surface area contributed by atoms with Crippen molar-refractivity contribution in [1.82, 2.24) is 0 Å². The number of alkyl halides is 3. The first-order valence-electron chi connectivity index (χ1n) is 5.90. The van der Waals surface area contributed by atoms with E-state index in [1.807, 2.05) is 6.92 Å². The summed E-state index contributed by atoms with van der Waals surface area (Å²) in [6.07, 6.45) is -5.30. The van der Waals surface area contributed by atoms with Crippen LogP contribution in [0.4, 0.5) is 13.2 Å². The van der Waals surface area contributed by atoms with Gasteiger partial charge in [-0.05, 0) is 41.8 Å². The maximum absolute atomic E-state index is 12.5. The van der Waals surface area contributed by atoms with E-state index in [1.54, 1.807) is 18.2 Å². The molecule has 2 rings (SSSR count). The molecule has 2 aromatic rings. The third kappa shape index (κ3) is 3.22. The zero-order valence-electron chi connectivity index (χ0n) is 10.6. The summed E-state index contributed by atoms with van der Waals surface area (Å²) in [5.41, 5.74) is 1.30. The lowest BCUT2D eigenvalue weighted by Gasteiger charge is -2.14. The third-order valence-electron chi connectivity index (χ3n) is 3.05. The van der Waals surface area contributed by atoms with E-state index in [9.17, 15) is 18.3 Å². The first-order chi connectivity index (χ1) is 9.29. The van der Waals surface area contributed by atoms with Crippen molar-refractivity contribution in [1.29, 1.82) is 0 Å². The Hall–Kier alpha value is -1.33. The molecule has 5 heteroatoms. The Morgan fingerprint density at radius 3 is 2.05 bits per heavy atom. The van der Waals surface area contributed by atoms with E-state index in [0.29, 0.717) is 11.1 Å². The van der Waals surface area contributed by atoms with Crippen LogP contribution in [0.1, 0.15) is 28.4 Å². The van der Waals surface area contributed by atoms with E-state index in [-0.39, 0.29) is 0 Å². The monoisotopic (exact) mass is 344 g/mol. The minimum absolute atomic E-state index is 0.430. The molecular formula is C15H12BrF3O. The molecule has 0 radical (unpaired) electrons. The van der Waals surface area contributed by atoms with Crippen molar-refractivity contribution >= 4 is 15.9 Å². The normalized spacial score (nSPS) is 13.3. The van der Waals surface area contributed by atoms with Gasteiger partial charge in [0.25, 0.3) is 0 Å². The van der Waals surface area contributed by atoms with Gasteiger partial charge in [-0.3, -0.25) is 0 Å². The molecule has 0 amide bonds. The van der Waals surface area contributed by atoms with Crippen LogP contribution in [0.5, 0.6) is 0 Å². The Morgan fingerprint density at radius 2 is 1.55 bits per heavy atom. The Balaban J connectivity index is 2.29. The maximum atomic E-state index is 12.5. The van der Waals surface area contributed by atoms with Crippen LogP contribution in [0.3, 0.4) is 0 Å². The number of rotatable bonds is 2. The molecule has 0 saturated carbocycles. The van der Waals surface area contributed by atoms with Crippen molar-refractivity contribution < 1.29 is 18.3 Å². The van der Waals surface area contributed by atoms with Crippen molar-refractivity contribution in [3.05, 3.63) is 69.2 Å². The number of aryl methyl sites for hydroxylation is 1. The number of hydrogen-bond donors (Lipinski definition) is 1. The average molecular weight is 345 g/mol. The van der Waals surface area contributed by atoms with Crippen molar-refractivity contribution in [2.24, 2.45) is 0 Å². The molecule has 0 aromatic heterocycles. The SMILES string of the molecule is Cc1cc(C(O)c2ccc(C(F)(F)F)cc2)ccc1Br. The molecule has 0 saturated heterocycles. The van der Waals surface area contributed by atoms with Gasteiger partial charge in [0, 0.05) is 4.47 Å². The van der Waals surface area contributed by atoms with Gasteiger partial charge in [-0.2, -0.15) is 13.2 Å². The van der Waals surface area contributed by atoms with Crippen molar-refractivity contribution in [2.75, 3.05) is 0 Å². The Kier molecular flexibility index (Phi) is 4.20. The lowest BCUT2D eigenvalue weighted by Crippen LogP contribution is -2.06. The highest BCUT2D eigenvalue weighted by Crippen LogP contribution is 2.31. The van der Waals surface area contributed by atoms with Crippen LogP contribution in [0, 0.1) is 6.92 Å². The first kappa shape index (κ1) is 15.1. The van der Waals surface area contributed by atoms with E-state index >= 15 is 0 Å². The van der Waals surface area contributed by atoms with Crippen LogP contribution in [0.2, 0.25) is 0 Å². The lowest BCUT2D eigenvalue weighted by atomic mass is 9.99. The molecule has 106 valence electrons. The van der Waals surface area contributed by atoms with Crippen LogP contribution in [-0.2, 0) is 6.18 Å². The van der Waals surface area contributed by atoms with Crippen LogP contribution >= 0.6 is 15.9 Å². The third-order valence-corrected chi connectivity index (χ3v) is 3.94. The molecule has 1 unspecified atom stereocenters. The summed E-state index contributed by atoms with van der Waals surface area (Å²) in [5, 5.41) is 10.2. The Bertz CT molecular complexity index is 606. The van der Waals surface area contributed by atoms with Gasteiger partial charge in [-0.25, -0.2) is 0 Å². The largest absolute Gasteiger partial charge is 0.416 e. The highest BCUT2D eigenvalue weighted by Gasteiger charge is 2.30. The second-order valence-corrected chi connectivity index (χ2v) is 5.39. The van der Waals surface area contributed by atoms with Gasteiger partial charge in [-0.15, -0.1) is 0 Å². The molecule has 0 aliphatic rings. The Morgan fingerprint density at radius 1 is 1.00 bits per heavy atom. The van der Waals surface area contributed by atoms with E-state index in [2.05, 4.69) is 15.9 Å². The molecule has 0 spiro atoms. The summed E-state index contributed by atoms with van der Waals surface area (Å²) in [6, 6.07) is 9.88. The Labute approximate surface area is 123 Å². The number of hydrogen-bond acceptors (Lipinski definition) is 1. The van der Waals surface area contributed by atoms with Gasteiger partial charge in [-0.1, -0.05) is 40.2 Å². The lowest BCUT2D eigenvalue weighted by molar-refractivity contribution is -0.137. The molecule has 0 fully saturated rings. The quantitative estimate of drug-likeness (QED) is 0.824. The standard InChI is InChI=1S/C15H12BrF3O/c1-9-8-11(4-7-13(9)16)14(20)10-2-5-12(6-3-10)15(17,18)19/h2-8,14,20H,1H3. The highest BCUT2D eigenvalue weighted by molar-refractivity contribution is 9.10. The van der Waals surface area contributed by atoms with Crippen molar-refractivity contribution in [3.8, 4) is 0 Å². The fourth-order valence-corrected chi connectivity index (χ4v) is 2.13. The van der Waals surface area contributed by atoms with E-state index in [1.165, 1.54) is 12.1 Å². The van der Waals surface area contributed by atoms with Crippen LogP contribution in [0.25, 0.3) is 0 Å². The van der Waals surface area contributed by atoms with Crippen molar-refractivity contribution in [2.45, 2.75) is 19.2 Å². The average Bonchev–Trinajstić information content (AvgIpc) is 2.40. The molecule has 1 atom stereocenters. The zero-order valence-corrected chi connectivity index (χ0v) is 12.2. The minimum atomic E-state index is -4.36. The summed E-state index contributed by atoms with van der Waals surface area (Å²) in [7, 11) is 0. The van der Waals surface area contributed by atoms with Gasteiger partial charge in [0.05, 0.1) is 5.56 Å². The van der Waals surface area contributed by atoms with E-state index < -0.39 is 17.8 Å². The summed E-state index contributed by atoms with van der Waals surface area (Å²) in [4.78, 5) is 0. The zero-order chi connectivity index (χ0) is 14.9. The van der Waals surface area contributed by atoms with E-state index in [4.69, 9.17) is 0 Å². The fraction of sp³-hybridized carbons (Fsp3) is 0.200. The summed E-state index contributed by atoms with van der Waals surface area (Å²) >= 11 is 3.36. The predicted octanol–water partition coefficient (Wildman–Crippen LogP) is 4.86. The van der Waals surface area contributed by atoms with Gasteiger partial charge >= 0.3 is 6.18 Å². The van der Waals surface area contributed by atoms with Crippen LogP contribution < -0.4 is 0 Å². The van der Waals surface area contributed by atoms with Crippen molar-refractivity contribution in [3.63, 3.8) is 0 Å². The molecule has 1 nitrogen and oxygen atoms in total. The number of aliphatic hydroxyl groups is 1. The van der Waals surface area contributed by atoms with Crippen LogP contribution in [-0.4, -0.2) is 5.11 Å². The predicted molar refractivity (Wildman–Crippen MR) is 74.4 cm³/mol. The second kappa shape index (κ2) is 5.58. The fourth-order valence-electron chi connectivity index (χ4n) is 1.88. The van der Waals surface area contributed by atoms with E-state index in [0.717, 1.165) is 22.2 Å². The van der Waals surface area contributed by atoms with Gasteiger partial charge < -0.3 is 5.11 Å². The number of halogens is 4. The van der Waals surface area contributed by atoms with Gasteiger partial charge in [0.2, 0.25) is 0 Å². The molecule has 0 bridgehead atoms. The van der Waals surface area contributed by atoms with Gasteiger partial charge in [0.15, 0.2) is 0 Å². The molecular weight excluding hydrogens is 333 g/mol.